The molecule has 0 aromatic rings. The summed E-state index contributed by atoms with van der Waals surface area (Å²) in [6.07, 6.45) is 4.55. The second kappa shape index (κ2) is 4.81. The molecule has 0 spiro atoms. The Morgan fingerprint density at radius 3 is 2.60 bits per heavy atom. The third kappa shape index (κ3) is 2.35. The summed E-state index contributed by atoms with van der Waals surface area (Å²) in [5, 5.41) is 13.3. The third-order valence-electron chi connectivity index (χ3n) is 4.22. The number of hydrogen-bond donors (Lipinski definition) is 2. The van der Waals surface area contributed by atoms with Gasteiger partial charge in [-0.25, -0.2) is 0 Å². The highest BCUT2D eigenvalue weighted by Crippen LogP contribution is 2.28. The maximum absolute atomic E-state index is 9.89. The molecule has 0 amide bonds. The van der Waals surface area contributed by atoms with Crippen LogP contribution in [0.4, 0.5) is 0 Å². The molecule has 4 atom stereocenters. The number of aliphatic hydroxyl groups is 1. The zero-order valence-corrected chi connectivity index (χ0v) is 9.95. The van der Waals surface area contributed by atoms with Gasteiger partial charge in [0.05, 0.1) is 6.10 Å². The van der Waals surface area contributed by atoms with E-state index in [1.807, 2.05) is 0 Å². The monoisotopic (exact) mass is 212 g/mol. The summed E-state index contributed by atoms with van der Waals surface area (Å²) < 4.78 is 0. The van der Waals surface area contributed by atoms with Gasteiger partial charge in [-0.1, -0.05) is 6.92 Å². The maximum atomic E-state index is 9.89. The number of nitrogens with zero attached hydrogens (tertiary/aromatic N) is 1. The molecule has 3 heteroatoms. The zero-order valence-electron chi connectivity index (χ0n) is 9.95. The molecule has 2 aliphatic rings. The Bertz CT molecular complexity index is 210. The third-order valence-corrected chi connectivity index (χ3v) is 4.22. The van der Waals surface area contributed by atoms with Crippen LogP contribution in [0.2, 0.25) is 0 Å². The van der Waals surface area contributed by atoms with Crippen LogP contribution in [0.3, 0.4) is 0 Å². The minimum Gasteiger partial charge on any atom is -0.391 e. The molecular weight excluding hydrogens is 188 g/mol. The highest BCUT2D eigenvalue weighted by Gasteiger charge is 2.34. The number of nitrogens with one attached hydrogen (secondary N) is 1. The lowest BCUT2D eigenvalue weighted by atomic mass is 9.92. The van der Waals surface area contributed by atoms with Gasteiger partial charge < -0.3 is 10.4 Å². The van der Waals surface area contributed by atoms with Crippen LogP contribution in [0.15, 0.2) is 0 Å². The molecule has 1 saturated heterocycles. The van der Waals surface area contributed by atoms with Crippen LogP contribution in [-0.4, -0.2) is 48.3 Å². The molecule has 2 fully saturated rings. The van der Waals surface area contributed by atoms with Crippen molar-refractivity contribution in [1.29, 1.82) is 0 Å². The molecule has 88 valence electrons. The van der Waals surface area contributed by atoms with Crippen LogP contribution in [0, 0.1) is 5.92 Å². The van der Waals surface area contributed by atoms with Gasteiger partial charge in [-0.15, -0.1) is 0 Å². The second-order valence-corrected chi connectivity index (χ2v) is 5.22. The van der Waals surface area contributed by atoms with Crippen LogP contribution < -0.4 is 5.32 Å². The average molecular weight is 212 g/mol. The average Bonchev–Trinajstić information content (AvgIpc) is 2.64. The van der Waals surface area contributed by atoms with Gasteiger partial charge in [0.25, 0.3) is 0 Å². The van der Waals surface area contributed by atoms with E-state index in [4.69, 9.17) is 0 Å². The lowest BCUT2D eigenvalue weighted by Crippen LogP contribution is -2.52. The number of hydrogen-bond acceptors (Lipinski definition) is 3. The van der Waals surface area contributed by atoms with Gasteiger partial charge in [-0.2, -0.15) is 0 Å². The topological polar surface area (TPSA) is 35.5 Å². The van der Waals surface area contributed by atoms with Gasteiger partial charge in [-0.05, 0) is 38.6 Å². The van der Waals surface area contributed by atoms with Crippen LogP contribution in [0.5, 0.6) is 0 Å². The standard InChI is InChI=1S/C12H24N2O/c1-9-8-14(7-6-10(9)13-2)11-4-3-5-12(11)15/h9-13,15H,3-8H2,1-2H3. The summed E-state index contributed by atoms with van der Waals surface area (Å²) in [6, 6.07) is 1.12. The summed E-state index contributed by atoms with van der Waals surface area (Å²) in [6.45, 7) is 4.61. The minimum atomic E-state index is -0.0664. The maximum Gasteiger partial charge on any atom is 0.0695 e. The number of rotatable bonds is 2. The molecule has 0 aromatic carbocycles. The first-order valence-corrected chi connectivity index (χ1v) is 6.31. The molecule has 2 rings (SSSR count). The molecule has 0 bridgehead atoms. The quantitative estimate of drug-likeness (QED) is 0.712. The summed E-state index contributed by atoms with van der Waals surface area (Å²) >= 11 is 0. The SMILES string of the molecule is CNC1CCN(C2CCCC2O)CC1C. The van der Waals surface area contributed by atoms with E-state index in [2.05, 4.69) is 24.2 Å². The predicted molar refractivity (Wildman–Crippen MR) is 61.8 cm³/mol. The van der Waals surface area contributed by atoms with Crippen LogP contribution in [-0.2, 0) is 0 Å². The van der Waals surface area contributed by atoms with E-state index in [-0.39, 0.29) is 6.10 Å². The molecule has 0 radical (unpaired) electrons. The minimum absolute atomic E-state index is 0.0664. The van der Waals surface area contributed by atoms with Crippen molar-refractivity contribution in [2.75, 3.05) is 20.1 Å². The highest BCUT2D eigenvalue weighted by molar-refractivity contribution is 4.90. The van der Waals surface area contributed by atoms with Crippen molar-refractivity contribution in [1.82, 2.24) is 10.2 Å². The van der Waals surface area contributed by atoms with Gasteiger partial charge in [0, 0.05) is 25.2 Å². The molecule has 2 N–H and O–H groups in total. The predicted octanol–water partition coefficient (Wildman–Crippen LogP) is 0.830. The molecule has 0 aromatic heterocycles. The number of piperidine rings is 1. The van der Waals surface area contributed by atoms with Gasteiger partial charge in [-0.3, -0.25) is 4.90 Å². The Balaban J connectivity index is 1.90. The summed E-state index contributed by atoms with van der Waals surface area (Å²) in [5.74, 6) is 0.705. The van der Waals surface area contributed by atoms with E-state index in [9.17, 15) is 5.11 Å². The molecular formula is C12H24N2O. The van der Waals surface area contributed by atoms with E-state index >= 15 is 0 Å². The molecule has 15 heavy (non-hydrogen) atoms. The summed E-state index contributed by atoms with van der Waals surface area (Å²) in [7, 11) is 2.06. The first-order chi connectivity index (χ1) is 7.22. The molecule has 4 unspecified atom stereocenters. The first-order valence-electron chi connectivity index (χ1n) is 6.31. The molecule has 1 saturated carbocycles. The number of likely N-dealkylation sites (tertiary alicyclic amines) is 1. The van der Waals surface area contributed by atoms with E-state index in [0.717, 1.165) is 19.5 Å². The van der Waals surface area contributed by atoms with Crippen molar-refractivity contribution in [3.63, 3.8) is 0 Å². The van der Waals surface area contributed by atoms with Crippen molar-refractivity contribution in [3.05, 3.63) is 0 Å². The molecule has 1 aliphatic carbocycles. The Hall–Kier alpha value is -0.120. The Kier molecular flexibility index (Phi) is 3.65. The van der Waals surface area contributed by atoms with Gasteiger partial charge in [0.15, 0.2) is 0 Å². The lowest BCUT2D eigenvalue weighted by molar-refractivity contribution is 0.0370. The summed E-state index contributed by atoms with van der Waals surface area (Å²) in [5.41, 5.74) is 0. The Morgan fingerprint density at radius 1 is 1.27 bits per heavy atom. The Labute approximate surface area is 92.8 Å². The second-order valence-electron chi connectivity index (χ2n) is 5.22. The highest BCUT2D eigenvalue weighted by atomic mass is 16.3. The van der Waals surface area contributed by atoms with E-state index in [1.165, 1.54) is 19.3 Å². The van der Waals surface area contributed by atoms with Crippen molar-refractivity contribution in [2.45, 2.75) is 50.8 Å². The zero-order chi connectivity index (χ0) is 10.8. The fourth-order valence-electron chi connectivity index (χ4n) is 3.25. The van der Waals surface area contributed by atoms with Gasteiger partial charge in [0.2, 0.25) is 0 Å². The van der Waals surface area contributed by atoms with E-state index in [0.29, 0.717) is 18.0 Å². The smallest absolute Gasteiger partial charge is 0.0695 e. The first kappa shape index (κ1) is 11.4. The van der Waals surface area contributed by atoms with Crippen LogP contribution >= 0.6 is 0 Å². The normalized spacial score (nSPS) is 43.4. The van der Waals surface area contributed by atoms with Crippen molar-refractivity contribution < 1.29 is 5.11 Å². The number of aliphatic hydroxyl groups excluding tert-OH is 1. The van der Waals surface area contributed by atoms with E-state index in [1.54, 1.807) is 0 Å². The molecule has 3 nitrogen and oxygen atoms in total. The van der Waals surface area contributed by atoms with Crippen LogP contribution in [0.1, 0.15) is 32.6 Å². The van der Waals surface area contributed by atoms with Crippen LogP contribution in [0.25, 0.3) is 0 Å². The fraction of sp³-hybridized carbons (Fsp3) is 1.00. The van der Waals surface area contributed by atoms with Gasteiger partial charge >= 0.3 is 0 Å². The van der Waals surface area contributed by atoms with Gasteiger partial charge in [0.1, 0.15) is 0 Å². The largest absolute Gasteiger partial charge is 0.391 e. The van der Waals surface area contributed by atoms with E-state index < -0.39 is 0 Å². The van der Waals surface area contributed by atoms with Crippen molar-refractivity contribution >= 4 is 0 Å². The lowest BCUT2D eigenvalue weighted by Gasteiger charge is -2.41. The Morgan fingerprint density at radius 2 is 2.07 bits per heavy atom. The summed E-state index contributed by atoms with van der Waals surface area (Å²) in [4.78, 5) is 2.51. The fourth-order valence-corrected chi connectivity index (χ4v) is 3.25. The van der Waals surface area contributed by atoms with Crippen molar-refractivity contribution in [2.24, 2.45) is 5.92 Å². The van der Waals surface area contributed by atoms with Crippen molar-refractivity contribution in [3.8, 4) is 0 Å². The molecule has 1 aliphatic heterocycles. The molecule has 1 heterocycles.